The van der Waals surface area contributed by atoms with Gasteiger partial charge in [-0.05, 0) is 47.6 Å². The molecule has 6 heteroatoms. The predicted molar refractivity (Wildman–Crippen MR) is 114 cm³/mol. The van der Waals surface area contributed by atoms with Gasteiger partial charge in [0.25, 0.3) is 0 Å². The van der Waals surface area contributed by atoms with Crippen molar-refractivity contribution in [1.29, 1.82) is 0 Å². The number of nitrogens with zero attached hydrogens (tertiary/aromatic N) is 1. The van der Waals surface area contributed by atoms with E-state index in [4.69, 9.17) is 4.74 Å². The summed E-state index contributed by atoms with van der Waals surface area (Å²) in [6.45, 7) is 4.76. The third-order valence-electron chi connectivity index (χ3n) is 6.19. The quantitative estimate of drug-likeness (QED) is 0.724. The van der Waals surface area contributed by atoms with E-state index in [1.54, 1.807) is 12.1 Å². The van der Waals surface area contributed by atoms with Gasteiger partial charge in [0, 0.05) is 26.2 Å². The molecule has 1 saturated carbocycles. The first kappa shape index (κ1) is 20.8. The number of halogens is 1. The van der Waals surface area contributed by atoms with Crippen molar-refractivity contribution in [2.24, 2.45) is 5.92 Å². The number of hydrogen-bond acceptors (Lipinski definition) is 3. The standard InChI is InChI=1S/C24H30FN3O2/c25-22-10-8-19(9-11-22)23(18-6-3-7-18)27-24(29)26-16-20-4-1-2-5-21(20)17-28-12-14-30-15-13-28/h1-2,4-5,8-11,18,23H,3,6-7,12-17H2,(H2,26,27,29). The van der Waals surface area contributed by atoms with E-state index < -0.39 is 0 Å². The lowest BCUT2D eigenvalue weighted by atomic mass is 9.77. The summed E-state index contributed by atoms with van der Waals surface area (Å²) >= 11 is 0. The van der Waals surface area contributed by atoms with Gasteiger partial charge in [0.15, 0.2) is 0 Å². The molecule has 1 unspecified atom stereocenters. The molecule has 2 fully saturated rings. The lowest BCUT2D eigenvalue weighted by Crippen LogP contribution is -2.42. The third kappa shape index (κ3) is 5.37. The maximum absolute atomic E-state index is 13.3. The lowest BCUT2D eigenvalue weighted by molar-refractivity contribution is 0.0341. The molecule has 1 atom stereocenters. The molecule has 1 heterocycles. The predicted octanol–water partition coefficient (Wildman–Crippen LogP) is 4.00. The van der Waals surface area contributed by atoms with Gasteiger partial charge in [0.1, 0.15) is 5.82 Å². The Balaban J connectivity index is 1.36. The number of carbonyl (C=O) groups is 1. The van der Waals surface area contributed by atoms with Crippen LogP contribution in [0.4, 0.5) is 9.18 Å². The zero-order valence-corrected chi connectivity index (χ0v) is 17.3. The molecule has 1 saturated heterocycles. The van der Waals surface area contributed by atoms with Gasteiger partial charge in [-0.15, -0.1) is 0 Å². The first-order valence-electron chi connectivity index (χ1n) is 10.9. The molecule has 2 aromatic carbocycles. The van der Waals surface area contributed by atoms with Crippen LogP contribution >= 0.6 is 0 Å². The fourth-order valence-electron chi connectivity index (χ4n) is 4.17. The second-order valence-corrected chi connectivity index (χ2v) is 8.20. The zero-order chi connectivity index (χ0) is 20.8. The van der Waals surface area contributed by atoms with E-state index in [2.05, 4.69) is 27.7 Å². The summed E-state index contributed by atoms with van der Waals surface area (Å²) in [5.41, 5.74) is 3.32. The molecule has 0 radical (unpaired) electrons. The van der Waals surface area contributed by atoms with E-state index in [0.717, 1.165) is 56.8 Å². The van der Waals surface area contributed by atoms with Crippen LogP contribution in [0.5, 0.6) is 0 Å². The number of morpholine rings is 1. The molecule has 0 bridgehead atoms. The van der Waals surface area contributed by atoms with Crippen LogP contribution in [0.25, 0.3) is 0 Å². The van der Waals surface area contributed by atoms with Crippen LogP contribution in [0.2, 0.25) is 0 Å². The number of nitrogens with one attached hydrogen (secondary N) is 2. The van der Waals surface area contributed by atoms with Crippen LogP contribution < -0.4 is 10.6 Å². The largest absolute Gasteiger partial charge is 0.379 e. The van der Waals surface area contributed by atoms with E-state index in [1.165, 1.54) is 24.1 Å². The normalized spacial score (nSPS) is 18.4. The van der Waals surface area contributed by atoms with Gasteiger partial charge in [0.2, 0.25) is 0 Å². The van der Waals surface area contributed by atoms with Crippen LogP contribution in [0.1, 0.15) is 42.0 Å². The second kappa shape index (κ2) is 10.0. The Hall–Kier alpha value is -2.44. The highest BCUT2D eigenvalue weighted by Gasteiger charge is 2.29. The topological polar surface area (TPSA) is 53.6 Å². The fourth-order valence-corrected chi connectivity index (χ4v) is 4.17. The summed E-state index contributed by atoms with van der Waals surface area (Å²) in [5, 5.41) is 6.15. The summed E-state index contributed by atoms with van der Waals surface area (Å²) in [6, 6.07) is 14.4. The van der Waals surface area contributed by atoms with Crippen LogP contribution in [0.3, 0.4) is 0 Å². The molecule has 0 spiro atoms. The van der Waals surface area contributed by atoms with Crippen LogP contribution in [0, 0.1) is 11.7 Å². The van der Waals surface area contributed by atoms with Crippen LogP contribution in [0.15, 0.2) is 48.5 Å². The molecule has 2 aliphatic rings. The van der Waals surface area contributed by atoms with Gasteiger partial charge in [-0.3, -0.25) is 4.90 Å². The van der Waals surface area contributed by atoms with Crippen molar-refractivity contribution in [3.63, 3.8) is 0 Å². The van der Waals surface area contributed by atoms with E-state index >= 15 is 0 Å². The van der Waals surface area contributed by atoms with Crippen molar-refractivity contribution in [1.82, 2.24) is 15.5 Å². The molecule has 1 aliphatic carbocycles. The first-order chi connectivity index (χ1) is 14.7. The fraction of sp³-hybridized carbons (Fsp3) is 0.458. The molecule has 5 nitrogen and oxygen atoms in total. The van der Waals surface area contributed by atoms with Gasteiger partial charge in [-0.1, -0.05) is 42.8 Å². The highest BCUT2D eigenvalue weighted by atomic mass is 19.1. The number of hydrogen-bond donors (Lipinski definition) is 2. The van der Waals surface area contributed by atoms with Crippen molar-refractivity contribution < 1.29 is 13.9 Å². The summed E-state index contributed by atoms with van der Waals surface area (Å²) in [4.78, 5) is 15.1. The third-order valence-corrected chi connectivity index (χ3v) is 6.19. The van der Waals surface area contributed by atoms with E-state index in [-0.39, 0.29) is 17.9 Å². The second-order valence-electron chi connectivity index (χ2n) is 8.20. The molecule has 1 aliphatic heterocycles. The number of ether oxygens (including phenoxy) is 1. The van der Waals surface area contributed by atoms with E-state index in [1.807, 2.05) is 12.1 Å². The molecule has 2 N–H and O–H groups in total. The van der Waals surface area contributed by atoms with Gasteiger partial charge in [0.05, 0.1) is 19.3 Å². The highest BCUT2D eigenvalue weighted by Crippen LogP contribution is 2.37. The summed E-state index contributed by atoms with van der Waals surface area (Å²) in [5.74, 6) is 0.155. The van der Waals surface area contributed by atoms with Gasteiger partial charge >= 0.3 is 6.03 Å². The average Bonchev–Trinajstić information content (AvgIpc) is 2.73. The van der Waals surface area contributed by atoms with Gasteiger partial charge in [-0.2, -0.15) is 0 Å². The number of benzene rings is 2. The highest BCUT2D eigenvalue weighted by molar-refractivity contribution is 5.74. The SMILES string of the molecule is O=C(NCc1ccccc1CN1CCOCC1)NC(c1ccc(F)cc1)C1CCC1. The van der Waals surface area contributed by atoms with Crippen molar-refractivity contribution in [3.8, 4) is 0 Å². The van der Waals surface area contributed by atoms with Gasteiger partial charge < -0.3 is 15.4 Å². The Morgan fingerprint density at radius 3 is 2.43 bits per heavy atom. The Labute approximate surface area is 177 Å². The summed E-state index contributed by atoms with van der Waals surface area (Å²) < 4.78 is 18.7. The zero-order valence-electron chi connectivity index (χ0n) is 17.3. The van der Waals surface area contributed by atoms with Crippen molar-refractivity contribution in [2.45, 2.75) is 38.4 Å². The lowest BCUT2D eigenvalue weighted by Gasteiger charge is -2.34. The van der Waals surface area contributed by atoms with Crippen molar-refractivity contribution in [3.05, 3.63) is 71.0 Å². The van der Waals surface area contributed by atoms with Crippen molar-refractivity contribution >= 4 is 6.03 Å². The minimum absolute atomic E-state index is 0.0806. The van der Waals surface area contributed by atoms with E-state index in [9.17, 15) is 9.18 Å². The number of amides is 2. The molecule has 30 heavy (non-hydrogen) atoms. The first-order valence-corrected chi connectivity index (χ1v) is 10.9. The minimum Gasteiger partial charge on any atom is -0.379 e. The Morgan fingerprint density at radius 2 is 1.77 bits per heavy atom. The summed E-state index contributed by atoms with van der Waals surface area (Å²) in [6.07, 6.45) is 3.36. The van der Waals surface area contributed by atoms with E-state index in [0.29, 0.717) is 12.5 Å². The maximum atomic E-state index is 13.3. The monoisotopic (exact) mass is 411 g/mol. The van der Waals surface area contributed by atoms with Crippen molar-refractivity contribution in [2.75, 3.05) is 26.3 Å². The Bertz CT molecular complexity index is 833. The number of urea groups is 1. The molecular formula is C24H30FN3O2. The molecule has 2 aromatic rings. The number of rotatable bonds is 7. The molecule has 0 aromatic heterocycles. The Kier molecular flexibility index (Phi) is 6.97. The smallest absolute Gasteiger partial charge is 0.315 e. The van der Waals surface area contributed by atoms with Gasteiger partial charge in [-0.25, -0.2) is 9.18 Å². The molecule has 160 valence electrons. The Morgan fingerprint density at radius 1 is 1.07 bits per heavy atom. The minimum atomic E-state index is -0.257. The average molecular weight is 412 g/mol. The van der Waals surface area contributed by atoms with Crippen LogP contribution in [-0.2, 0) is 17.8 Å². The molecule has 2 amide bonds. The summed E-state index contributed by atoms with van der Waals surface area (Å²) in [7, 11) is 0. The molecule has 4 rings (SSSR count). The number of carbonyl (C=O) groups excluding carboxylic acids is 1. The maximum Gasteiger partial charge on any atom is 0.315 e. The molecular weight excluding hydrogens is 381 g/mol. The van der Waals surface area contributed by atoms with Crippen LogP contribution in [-0.4, -0.2) is 37.2 Å².